The van der Waals surface area contributed by atoms with E-state index in [0.29, 0.717) is 12.2 Å². The van der Waals surface area contributed by atoms with Gasteiger partial charge in [0.05, 0.1) is 12.7 Å². The van der Waals surface area contributed by atoms with Crippen molar-refractivity contribution in [1.82, 2.24) is 10.2 Å². The second-order valence-electron chi connectivity index (χ2n) is 3.77. The maximum absolute atomic E-state index is 11.0. The number of ether oxygens (including phenoxy) is 1. The lowest BCUT2D eigenvalue weighted by atomic mass is 10.2. The fraction of sp³-hybridized carbons (Fsp3) is 0.500. The number of hydrogen-bond donors (Lipinski definition) is 3. The molecule has 6 nitrogen and oxygen atoms in total. The largest absolute Gasteiger partial charge is 0.394 e. The molecule has 1 saturated heterocycles. The summed E-state index contributed by atoms with van der Waals surface area (Å²) in [7, 11) is 0. The minimum absolute atomic E-state index is 0.228. The number of rotatable bonds is 2. The molecule has 0 aromatic heterocycles. The van der Waals surface area contributed by atoms with E-state index in [0.717, 1.165) is 0 Å². The molecule has 16 heavy (non-hydrogen) atoms. The first kappa shape index (κ1) is 11.1. The van der Waals surface area contributed by atoms with Crippen molar-refractivity contribution >= 4 is 5.91 Å². The van der Waals surface area contributed by atoms with Crippen LogP contribution in [0.15, 0.2) is 24.7 Å². The zero-order valence-corrected chi connectivity index (χ0v) is 8.67. The average molecular weight is 228 g/mol. The van der Waals surface area contributed by atoms with Crippen LogP contribution in [0.2, 0.25) is 0 Å². The molecule has 2 aliphatic heterocycles. The van der Waals surface area contributed by atoms with E-state index in [1.165, 1.54) is 6.08 Å². The van der Waals surface area contributed by atoms with Gasteiger partial charge in [0, 0.05) is 18.7 Å². The third kappa shape index (κ3) is 1.95. The standard InChI is InChI=1S/C10H14N2O4/c1-6-11-9(15)2-3-12(6)10-4-7(14)8(5-13)16-10/h2-3,7-8,10,13-14H,1,4-5H2,(H,11,15)/t7-,8-,10-/m1/s1/i13+2. The van der Waals surface area contributed by atoms with Crippen LogP contribution in [0.1, 0.15) is 6.42 Å². The highest BCUT2D eigenvalue weighted by Gasteiger charge is 2.37. The molecule has 0 saturated carbocycles. The minimum Gasteiger partial charge on any atom is -0.394 e. The highest BCUT2D eigenvalue weighted by molar-refractivity contribution is 5.89. The van der Waals surface area contributed by atoms with E-state index in [1.807, 2.05) is 0 Å². The predicted molar refractivity (Wildman–Crippen MR) is 54.6 cm³/mol. The van der Waals surface area contributed by atoms with Crippen LogP contribution in [0.4, 0.5) is 0 Å². The number of hydrogen-bond acceptors (Lipinski definition) is 5. The van der Waals surface area contributed by atoms with Crippen LogP contribution in [-0.4, -0.2) is 46.1 Å². The first-order valence-electron chi connectivity index (χ1n) is 5.02. The molecule has 3 N–H and O–H groups in total. The molecule has 2 rings (SSSR count). The second kappa shape index (κ2) is 4.25. The fourth-order valence-corrected chi connectivity index (χ4v) is 1.81. The van der Waals surface area contributed by atoms with E-state index in [-0.39, 0.29) is 12.5 Å². The van der Waals surface area contributed by atoms with Crippen LogP contribution in [-0.2, 0) is 9.53 Å². The molecule has 2 heterocycles. The first-order valence-corrected chi connectivity index (χ1v) is 5.02. The summed E-state index contributed by atoms with van der Waals surface area (Å²) < 4.78 is 5.43. The molecule has 6 heteroatoms. The van der Waals surface area contributed by atoms with Crippen molar-refractivity contribution in [2.75, 3.05) is 6.61 Å². The zero-order chi connectivity index (χ0) is 11.7. The molecule has 0 aliphatic carbocycles. The van der Waals surface area contributed by atoms with Crippen LogP contribution >= 0.6 is 0 Å². The van der Waals surface area contributed by atoms with Gasteiger partial charge in [-0.1, -0.05) is 6.58 Å². The Morgan fingerprint density at radius 1 is 1.75 bits per heavy atom. The van der Waals surface area contributed by atoms with E-state index in [2.05, 4.69) is 11.9 Å². The summed E-state index contributed by atoms with van der Waals surface area (Å²) in [5, 5.41) is 21.1. The van der Waals surface area contributed by atoms with Crippen molar-refractivity contribution < 1.29 is 19.7 Å². The van der Waals surface area contributed by atoms with Gasteiger partial charge in [-0.15, -0.1) is 0 Å². The van der Waals surface area contributed by atoms with Gasteiger partial charge < -0.3 is 25.2 Å². The molecule has 0 unspecified atom stereocenters. The summed E-state index contributed by atoms with van der Waals surface area (Å²) >= 11 is 0. The Balaban J connectivity index is 2.07. The van der Waals surface area contributed by atoms with Gasteiger partial charge in [0.25, 0.3) is 5.91 Å². The lowest BCUT2D eigenvalue weighted by Crippen LogP contribution is -2.41. The van der Waals surface area contributed by atoms with Gasteiger partial charge in [0.1, 0.15) is 18.2 Å². The summed E-state index contributed by atoms with van der Waals surface area (Å²) in [5.41, 5.74) is 0. The van der Waals surface area contributed by atoms with Gasteiger partial charge >= 0.3 is 0 Å². The summed E-state index contributed by atoms with van der Waals surface area (Å²) in [6.45, 7) is 3.46. The molecule has 0 aromatic rings. The third-order valence-corrected chi connectivity index (χ3v) is 2.66. The highest BCUT2D eigenvalue weighted by Crippen LogP contribution is 2.25. The molecule has 88 valence electrons. The van der Waals surface area contributed by atoms with Crippen molar-refractivity contribution in [3.8, 4) is 0 Å². The van der Waals surface area contributed by atoms with Gasteiger partial charge in [0.15, 0.2) is 0 Å². The fourth-order valence-electron chi connectivity index (χ4n) is 1.81. The average Bonchev–Trinajstić information content (AvgIpc) is 2.59. The van der Waals surface area contributed by atoms with Gasteiger partial charge in [-0.25, -0.2) is 0 Å². The first-order chi connectivity index (χ1) is 7.61. The van der Waals surface area contributed by atoms with Crippen LogP contribution in [0.3, 0.4) is 0 Å². The normalized spacial score (nSPS) is 34.4. The molecule has 0 radical (unpaired) electrons. The van der Waals surface area contributed by atoms with Crippen LogP contribution in [0, 0.1) is 0 Å². The Labute approximate surface area is 92.8 Å². The molecular weight excluding hydrogens is 214 g/mol. The SMILES string of the molecule is C=C1NC(=O)C=CN1[C@H]1C[C@@H](O)[C@@H](C[18OH])O1. The molecule has 0 aromatic carbocycles. The molecule has 0 bridgehead atoms. The molecule has 1 amide bonds. The Morgan fingerprint density at radius 2 is 2.50 bits per heavy atom. The summed E-state index contributed by atoms with van der Waals surface area (Å²) in [5.74, 6) is 0.168. The summed E-state index contributed by atoms with van der Waals surface area (Å²) in [4.78, 5) is 12.6. The molecular formula is C10H14N2O4. The van der Waals surface area contributed by atoms with Crippen molar-refractivity contribution in [2.45, 2.75) is 24.9 Å². The monoisotopic (exact) mass is 228 g/mol. The smallest absolute Gasteiger partial charge is 0.250 e. The zero-order valence-electron chi connectivity index (χ0n) is 8.67. The van der Waals surface area contributed by atoms with Crippen molar-refractivity contribution in [3.05, 3.63) is 24.7 Å². The van der Waals surface area contributed by atoms with E-state index in [1.54, 1.807) is 11.1 Å². The minimum atomic E-state index is -0.700. The maximum atomic E-state index is 11.0. The van der Waals surface area contributed by atoms with E-state index in [9.17, 15) is 9.90 Å². The lowest BCUT2D eigenvalue weighted by Gasteiger charge is -2.30. The molecule has 3 atom stereocenters. The topological polar surface area (TPSA) is 82.0 Å². The Kier molecular flexibility index (Phi) is 2.95. The number of carbonyl (C=O) groups excluding carboxylic acids is 1. The lowest BCUT2D eigenvalue weighted by molar-refractivity contribution is -0.117. The van der Waals surface area contributed by atoms with Gasteiger partial charge in [-0.05, 0) is 0 Å². The van der Waals surface area contributed by atoms with Crippen molar-refractivity contribution in [3.63, 3.8) is 0 Å². The Morgan fingerprint density at radius 3 is 3.06 bits per heavy atom. The van der Waals surface area contributed by atoms with Crippen LogP contribution in [0.5, 0.6) is 0 Å². The number of nitrogens with zero attached hydrogens (tertiary/aromatic N) is 1. The number of aliphatic hydroxyl groups is 2. The summed E-state index contributed by atoms with van der Waals surface area (Å²) in [6.07, 6.45) is 1.59. The highest BCUT2D eigenvalue weighted by atomic mass is 18.2. The number of amides is 1. The molecule has 0 spiro atoms. The second-order valence-corrected chi connectivity index (χ2v) is 3.77. The summed E-state index contributed by atoms with van der Waals surface area (Å²) in [6, 6.07) is 0. The molecule has 1 fully saturated rings. The number of carbonyl (C=O) groups is 1. The maximum Gasteiger partial charge on any atom is 0.250 e. The predicted octanol–water partition coefficient (Wildman–Crippen LogP) is -1.13. The van der Waals surface area contributed by atoms with Crippen molar-refractivity contribution in [2.24, 2.45) is 0 Å². The Bertz CT molecular complexity index is 342. The van der Waals surface area contributed by atoms with Gasteiger partial charge in [0.2, 0.25) is 0 Å². The Hall–Kier alpha value is -1.37. The third-order valence-electron chi connectivity index (χ3n) is 2.66. The van der Waals surface area contributed by atoms with E-state index >= 15 is 0 Å². The van der Waals surface area contributed by atoms with Gasteiger partial charge in [-0.3, -0.25) is 4.79 Å². The molecule has 2 aliphatic rings. The van der Waals surface area contributed by atoms with Crippen LogP contribution < -0.4 is 5.32 Å². The quantitative estimate of drug-likeness (QED) is 0.521. The van der Waals surface area contributed by atoms with Gasteiger partial charge in [-0.2, -0.15) is 0 Å². The van der Waals surface area contributed by atoms with Crippen LogP contribution in [0.25, 0.3) is 0 Å². The van der Waals surface area contributed by atoms with E-state index < -0.39 is 18.4 Å². The van der Waals surface area contributed by atoms with Crippen molar-refractivity contribution in [1.29, 1.82) is 0 Å². The van der Waals surface area contributed by atoms with E-state index in [4.69, 9.17) is 9.84 Å². The number of aliphatic hydroxyl groups excluding tert-OH is 2. The number of nitrogens with one attached hydrogen (secondary N) is 1.